The highest BCUT2D eigenvalue weighted by molar-refractivity contribution is 8.06. The summed E-state index contributed by atoms with van der Waals surface area (Å²) in [7, 11) is 1.62. The lowest BCUT2D eigenvalue weighted by Gasteiger charge is -2.49. The van der Waals surface area contributed by atoms with Gasteiger partial charge in [-0.1, -0.05) is 11.6 Å². The Morgan fingerprint density at radius 2 is 2.21 bits per heavy atom. The number of carbonyl (C=O) groups is 4. The number of nitrogens with one attached hydrogen (secondary N) is 2. The Bertz CT molecular complexity index is 1210. The fourth-order valence-corrected chi connectivity index (χ4v) is 6.31. The molecule has 4 heterocycles. The normalized spacial score (nSPS) is 20.2. The first-order chi connectivity index (χ1) is 15.8. The van der Waals surface area contributed by atoms with E-state index in [1.54, 1.807) is 7.05 Å². The number of fused-ring (bicyclic) bond motifs is 1. The number of hydrogen-bond donors (Lipinski definition) is 3. The maximum atomic E-state index is 12.8. The summed E-state index contributed by atoms with van der Waals surface area (Å²) in [6, 6.07) is -0.947. The van der Waals surface area contributed by atoms with Crippen molar-refractivity contribution in [3.63, 3.8) is 0 Å². The minimum Gasteiger partial charge on any atom is -0.477 e. The predicted octanol–water partition coefficient (Wildman–Crippen LogP) is 0.303. The van der Waals surface area contributed by atoms with Crippen LogP contribution in [0, 0.1) is 0 Å². The Kier molecular flexibility index (Phi) is 6.68. The number of nitrogens with zero attached hydrogens (tertiary/aromatic N) is 6. The zero-order valence-corrected chi connectivity index (χ0v) is 19.7. The molecule has 3 amide bonds. The van der Waals surface area contributed by atoms with Crippen molar-refractivity contribution < 1.29 is 24.3 Å². The zero-order chi connectivity index (χ0) is 23.7. The number of halogens is 1. The molecule has 13 nitrogen and oxygen atoms in total. The van der Waals surface area contributed by atoms with Crippen LogP contribution in [0.2, 0.25) is 0 Å². The molecule has 1 fully saturated rings. The summed E-state index contributed by atoms with van der Waals surface area (Å²) in [6.45, 7) is 0. The van der Waals surface area contributed by atoms with Gasteiger partial charge in [0.15, 0.2) is 5.13 Å². The van der Waals surface area contributed by atoms with Crippen molar-refractivity contribution in [1.29, 1.82) is 0 Å². The number of hydrogen-bond acceptors (Lipinski definition) is 11. The Morgan fingerprint density at radius 1 is 1.42 bits per heavy atom. The molecule has 1 saturated heterocycles. The van der Waals surface area contributed by atoms with Gasteiger partial charge in [0.2, 0.25) is 11.6 Å². The summed E-state index contributed by atoms with van der Waals surface area (Å²) in [5, 5.41) is 27.4. The summed E-state index contributed by atoms with van der Waals surface area (Å²) in [6.07, 6.45) is 0.454. The quantitative estimate of drug-likeness (QED) is 0.244. The molecule has 2 aromatic heterocycles. The molecule has 33 heavy (non-hydrogen) atoms. The fourth-order valence-electron chi connectivity index (χ4n) is 3.04. The minimum atomic E-state index is -1.27. The molecule has 1 unspecified atom stereocenters. The molecule has 172 valence electrons. The molecule has 2 aromatic rings. The first-order valence-corrected chi connectivity index (χ1v) is 12.1. The third-order valence-electron chi connectivity index (χ3n) is 4.53. The number of β-lactam (4-membered cyclic amide) rings is 1. The number of carboxylic acids is 1. The van der Waals surface area contributed by atoms with Crippen molar-refractivity contribution in [2.45, 2.75) is 16.6 Å². The smallest absolute Gasteiger partial charge is 0.353 e. The van der Waals surface area contributed by atoms with Gasteiger partial charge in [-0.05, 0) is 22.2 Å². The van der Waals surface area contributed by atoms with Crippen molar-refractivity contribution in [1.82, 2.24) is 35.4 Å². The maximum Gasteiger partial charge on any atom is 0.353 e. The number of rotatable bonds is 8. The SMILES string of the molecule is Cn1nnnc1SC1=C(C(=O)O)N2C(=O)C(NC(=O)C(=CCl)c3csc(NC=O)n3)[C@@H]2SC1. The molecular formula is C16H13ClN8O5S3. The first-order valence-electron chi connectivity index (χ1n) is 8.94. The van der Waals surface area contributed by atoms with Crippen LogP contribution in [0.5, 0.6) is 0 Å². The molecular weight excluding hydrogens is 516 g/mol. The van der Waals surface area contributed by atoms with Gasteiger partial charge in [-0.25, -0.2) is 14.5 Å². The van der Waals surface area contributed by atoms with Gasteiger partial charge in [-0.2, -0.15) is 0 Å². The van der Waals surface area contributed by atoms with Crippen LogP contribution in [0.3, 0.4) is 0 Å². The van der Waals surface area contributed by atoms with Gasteiger partial charge in [0.1, 0.15) is 17.1 Å². The topological polar surface area (TPSA) is 172 Å². The number of aryl methyl sites for hydroxylation is 1. The van der Waals surface area contributed by atoms with E-state index >= 15 is 0 Å². The van der Waals surface area contributed by atoms with Gasteiger partial charge in [0.25, 0.3) is 11.8 Å². The highest BCUT2D eigenvalue weighted by Crippen LogP contribution is 2.44. The van der Waals surface area contributed by atoms with Crippen molar-refractivity contribution in [2.24, 2.45) is 7.05 Å². The number of aliphatic carboxylic acids is 1. The molecule has 0 radical (unpaired) electrons. The predicted molar refractivity (Wildman–Crippen MR) is 120 cm³/mol. The molecule has 2 aliphatic rings. The zero-order valence-electron chi connectivity index (χ0n) is 16.5. The van der Waals surface area contributed by atoms with E-state index in [4.69, 9.17) is 11.6 Å². The Morgan fingerprint density at radius 3 is 2.85 bits per heavy atom. The number of carbonyl (C=O) groups excluding carboxylic acids is 3. The van der Waals surface area contributed by atoms with Crippen LogP contribution < -0.4 is 10.6 Å². The van der Waals surface area contributed by atoms with Crippen LogP contribution in [0.25, 0.3) is 5.57 Å². The van der Waals surface area contributed by atoms with E-state index in [9.17, 15) is 24.3 Å². The van der Waals surface area contributed by atoms with Gasteiger partial charge in [0.05, 0.1) is 11.3 Å². The lowest BCUT2D eigenvalue weighted by Crippen LogP contribution is -2.70. The van der Waals surface area contributed by atoms with Crippen molar-refractivity contribution >= 4 is 81.4 Å². The average molecular weight is 529 g/mol. The third kappa shape index (κ3) is 4.33. The number of tetrazole rings is 1. The van der Waals surface area contributed by atoms with E-state index in [0.717, 1.165) is 33.5 Å². The van der Waals surface area contributed by atoms with Crippen molar-refractivity contribution in [3.8, 4) is 0 Å². The van der Waals surface area contributed by atoms with E-state index in [-0.39, 0.29) is 27.8 Å². The Balaban J connectivity index is 1.51. The molecule has 17 heteroatoms. The molecule has 0 bridgehead atoms. The number of amides is 3. The summed E-state index contributed by atoms with van der Waals surface area (Å²) >= 11 is 9.28. The highest BCUT2D eigenvalue weighted by atomic mass is 35.5. The summed E-state index contributed by atoms with van der Waals surface area (Å²) in [5.74, 6) is -2.21. The van der Waals surface area contributed by atoms with Crippen molar-refractivity contribution in [2.75, 3.05) is 11.1 Å². The van der Waals surface area contributed by atoms with E-state index in [0.29, 0.717) is 16.5 Å². The Labute approximate surface area is 202 Å². The highest BCUT2D eigenvalue weighted by Gasteiger charge is 2.54. The minimum absolute atomic E-state index is 0.000970. The summed E-state index contributed by atoms with van der Waals surface area (Å²) in [4.78, 5) is 53.8. The van der Waals surface area contributed by atoms with Crippen LogP contribution >= 0.6 is 46.5 Å². The second-order valence-electron chi connectivity index (χ2n) is 6.45. The molecule has 2 aliphatic heterocycles. The van der Waals surface area contributed by atoms with Gasteiger partial charge in [-0.15, -0.1) is 28.2 Å². The molecule has 0 saturated carbocycles. The third-order valence-corrected chi connectivity index (χ3v) is 8.10. The number of aromatic nitrogens is 5. The second-order valence-corrected chi connectivity index (χ2v) is 9.69. The van der Waals surface area contributed by atoms with Gasteiger partial charge in [0, 0.05) is 28.6 Å². The summed E-state index contributed by atoms with van der Waals surface area (Å²) in [5.41, 5.74) is 1.08. The lowest BCUT2D eigenvalue weighted by molar-refractivity contribution is -0.150. The van der Waals surface area contributed by atoms with Gasteiger partial charge in [-0.3, -0.25) is 19.3 Å². The monoisotopic (exact) mass is 528 g/mol. The number of anilines is 1. The van der Waals surface area contributed by atoms with Crippen LogP contribution in [0.4, 0.5) is 5.13 Å². The number of thioether (sulfide) groups is 2. The molecule has 0 spiro atoms. The van der Waals surface area contributed by atoms with Gasteiger partial charge >= 0.3 is 5.97 Å². The maximum absolute atomic E-state index is 12.8. The van der Waals surface area contributed by atoms with Crippen LogP contribution in [-0.2, 0) is 26.2 Å². The standard InChI is InChI=1S/C16H13ClN8O5S3/c1-24-16(21-22-23-24)33-8-4-31-13-9(12(28)25(13)10(8)14(29)30)20-11(27)6(2-17)7-3-32-15(19-7)18-5-26/h2-3,5,9,13H,4H2,1H3,(H,20,27)(H,29,30)(H,18,19,26)/t9?,13-/m0/s1. The van der Waals surface area contributed by atoms with Crippen LogP contribution in [0.1, 0.15) is 5.69 Å². The van der Waals surface area contributed by atoms with Crippen LogP contribution in [-0.4, -0.2) is 76.6 Å². The number of thiazole rings is 1. The first kappa shape index (κ1) is 23.2. The summed E-state index contributed by atoms with van der Waals surface area (Å²) < 4.78 is 1.39. The lowest BCUT2D eigenvalue weighted by atomic mass is 10.0. The molecule has 0 aromatic carbocycles. The fraction of sp³-hybridized carbons (Fsp3) is 0.250. The average Bonchev–Trinajstić information content (AvgIpc) is 3.41. The molecule has 0 aliphatic carbocycles. The van der Waals surface area contributed by atoms with E-state index < -0.39 is 29.2 Å². The van der Waals surface area contributed by atoms with Gasteiger partial charge < -0.3 is 15.7 Å². The van der Waals surface area contributed by atoms with E-state index in [2.05, 4.69) is 31.1 Å². The molecule has 3 N–H and O–H groups in total. The molecule has 4 rings (SSSR count). The van der Waals surface area contributed by atoms with E-state index in [1.807, 2.05) is 0 Å². The van der Waals surface area contributed by atoms with E-state index in [1.165, 1.54) is 21.8 Å². The van der Waals surface area contributed by atoms with Crippen molar-refractivity contribution in [3.05, 3.63) is 27.2 Å². The van der Waals surface area contributed by atoms with Crippen LogP contribution in [0.15, 0.2) is 26.7 Å². The largest absolute Gasteiger partial charge is 0.477 e. The second kappa shape index (κ2) is 9.50. The molecule has 2 atom stereocenters. The number of carboxylic acid groups (broad SMARTS) is 1. The Hall–Kier alpha value is -2.95.